The summed E-state index contributed by atoms with van der Waals surface area (Å²) < 4.78 is 99.2. The average Bonchev–Trinajstić information content (AvgIpc) is 3.46. The number of aromatic nitrogens is 3. The Bertz CT molecular complexity index is 1380. The summed E-state index contributed by atoms with van der Waals surface area (Å²) in [5.41, 5.74) is -0.613. The van der Waals surface area contributed by atoms with Crippen molar-refractivity contribution in [2.45, 2.75) is 36.3 Å². The summed E-state index contributed by atoms with van der Waals surface area (Å²) in [7, 11) is -3.00. The van der Waals surface area contributed by atoms with Gasteiger partial charge >= 0.3 is 6.18 Å². The summed E-state index contributed by atoms with van der Waals surface area (Å²) in [6.07, 6.45) is -4.26. The number of ether oxygens (including phenoxy) is 1. The largest absolute Gasteiger partial charge is 0.480 e. The van der Waals surface area contributed by atoms with E-state index in [1.165, 1.54) is 18.0 Å². The van der Waals surface area contributed by atoms with Gasteiger partial charge in [-0.25, -0.2) is 26.9 Å². The molecule has 0 unspecified atom stereocenters. The smallest absolute Gasteiger partial charge is 0.433 e. The molecule has 9 nitrogen and oxygen atoms in total. The molecule has 15 heteroatoms. The van der Waals surface area contributed by atoms with Gasteiger partial charge in [-0.05, 0) is 42.8 Å². The van der Waals surface area contributed by atoms with Crippen LogP contribution in [0.15, 0.2) is 53.7 Å². The van der Waals surface area contributed by atoms with E-state index in [0.29, 0.717) is 0 Å². The van der Waals surface area contributed by atoms with E-state index in [4.69, 9.17) is 4.74 Å². The van der Waals surface area contributed by atoms with Gasteiger partial charge in [0.15, 0.2) is 0 Å². The molecule has 198 valence electrons. The molecule has 0 radical (unpaired) electrons. The number of alkyl halides is 4. The number of carbonyl (C=O) groups excluding carboxylic acids is 1. The van der Waals surface area contributed by atoms with E-state index >= 15 is 0 Å². The quantitative estimate of drug-likeness (QED) is 0.458. The molecule has 37 heavy (non-hydrogen) atoms. The van der Waals surface area contributed by atoms with Crippen LogP contribution in [0.2, 0.25) is 0 Å². The SMILES string of the molecule is COc1nn(-c2ccc(C(F)(F)F)nc2)cc1CNC(=O)[C@@H]1[C@@H](F)CCN1S(=O)(=O)c1ccc(F)cc1. The molecule has 0 aliphatic carbocycles. The number of benzene rings is 1. The van der Waals surface area contributed by atoms with Gasteiger partial charge in [-0.3, -0.25) is 4.79 Å². The van der Waals surface area contributed by atoms with Gasteiger partial charge in [0.25, 0.3) is 0 Å². The highest BCUT2D eigenvalue weighted by Crippen LogP contribution is 2.30. The Labute approximate surface area is 207 Å². The van der Waals surface area contributed by atoms with Gasteiger partial charge in [0.05, 0.1) is 29.5 Å². The third-order valence-corrected chi connectivity index (χ3v) is 7.56. The number of nitrogens with one attached hydrogen (secondary N) is 1. The van der Waals surface area contributed by atoms with E-state index < -0.39 is 45.8 Å². The minimum atomic E-state index is -4.61. The van der Waals surface area contributed by atoms with Crippen molar-refractivity contribution >= 4 is 15.9 Å². The van der Waals surface area contributed by atoms with Crippen LogP contribution in [0.1, 0.15) is 17.7 Å². The summed E-state index contributed by atoms with van der Waals surface area (Å²) >= 11 is 0. The number of sulfonamides is 1. The lowest BCUT2D eigenvalue weighted by molar-refractivity contribution is -0.141. The lowest BCUT2D eigenvalue weighted by Gasteiger charge is -2.24. The average molecular weight is 545 g/mol. The third-order valence-electron chi connectivity index (χ3n) is 5.67. The van der Waals surface area contributed by atoms with Crippen molar-refractivity contribution in [3.05, 3.63) is 65.9 Å². The molecule has 3 aromatic rings. The first-order valence-corrected chi connectivity index (χ1v) is 12.2. The molecule has 1 aromatic carbocycles. The maximum Gasteiger partial charge on any atom is 0.433 e. The van der Waals surface area contributed by atoms with Gasteiger partial charge in [0.2, 0.25) is 21.8 Å². The van der Waals surface area contributed by atoms with E-state index in [9.17, 15) is 35.2 Å². The molecule has 2 atom stereocenters. The van der Waals surface area contributed by atoms with Crippen LogP contribution in [-0.4, -0.2) is 59.3 Å². The Hall–Kier alpha value is -3.59. The summed E-state index contributed by atoms with van der Waals surface area (Å²) in [4.78, 5) is 16.0. The number of hydrogen-bond acceptors (Lipinski definition) is 6. The molecule has 4 rings (SSSR count). The van der Waals surface area contributed by atoms with Gasteiger partial charge in [0.1, 0.15) is 23.7 Å². The van der Waals surface area contributed by atoms with Crippen molar-refractivity contribution < 1.29 is 39.9 Å². The zero-order valence-electron chi connectivity index (χ0n) is 19.1. The Morgan fingerprint density at radius 2 is 1.89 bits per heavy atom. The zero-order chi connectivity index (χ0) is 27.0. The second-order valence-electron chi connectivity index (χ2n) is 8.04. The number of hydrogen-bond donors (Lipinski definition) is 1. The Morgan fingerprint density at radius 3 is 2.49 bits per heavy atom. The van der Waals surface area contributed by atoms with Crippen LogP contribution < -0.4 is 10.1 Å². The van der Waals surface area contributed by atoms with Crippen LogP contribution in [0.25, 0.3) is 5.69 Å². The minimum absolute atomic E-state index is 0.0270. The number of methoxy groups -OCH3 is 1. The molecule has 2 aromatic heterocycles. The van der Waals surface area contributed by atoms with Crippen LogP contribution in [0.4, 0.5) is 22.0 Å². The van der Waals surface area contributed by atoms with Gasteiger partial charge in [-0.15, -0.1) is 5.10 Å². The van der Waals surface area contributed by atoms with E-state index in [2.05, 4.69) is 15.4 Å². The van der Waals surface area contributed by atoms with E-state index in [1.807, 2.05) is 0 Å². The van der Waals surface area contributed by atoms with E-state index in [0.717, 1.165) is 46.9 Å². The second kappa shape index (κ2) is 10.0. The van der Waals surface area contributed by atoms with Crippen molar-refractivity contribution in [2.75, 3.05) is 13.7 Å². The first-order chi connectivity index (χ1) is 17.4. The summed E-state index contributed by atoms with van der Waals surface area (Å²) in [5, 5.41) is 6.55. The maximum absolute atomic E-state index is 14.7. The van der Waals surface area contributed by atoms with Crippen molar-refractivity contribution in [1.82, 2.24) is 24.4 Å². The van der Waals surface area contributed by atoms with Crippen LogP contribution in [0.5, 0.6) is 5.88 Å². The Kier molecular flexibility index (Phi) is 7.19. The number of nitrogens with zero attached hydrogens (tertiary/aromatic N) is 4. The number of pyridine rings is 1. The van der Waals surface area contributed by atoms with Gasteiger partial charge < -0.3 is 10.1 Å². The molecule has 3 heterocycles. The summed E-state index contributed by atoms with van der Waals surface area (Å²) in [5.74, 6) is -1.54. The molecular formula is C22H20F5N5O4S. The number of amides is 1. The van der Waals surface area contributed by atoms with Gasteiger partial charge in [-0.1, -0.05) is 0 Å². The van der Waals surface area contributed by atoms with Crippen LogP contribution in [-0.2, 0) is 27.5 Å². The minimum Gasteiger partial charge on any atom is -0.480 e. The summed E-state index contributed by atoms with van der Waals surface area (Å²) in [6.45, 7) is -0.495. The predicted molar refractivity (Wildman–Crippen MR) is 118 cm³/mol. The van der Waals surface area contributed by atoms with Crippen LogP contribution in [0, 0.1) is 5.82 Å². The van der Waals surface area contributed by atoms with Crippen molar-refractivity contribution in [1.29, 1.82) is 0 Å². The standard InChI is InChI=1S/C22H20F5N5O4S/c1-36-21-13(12-31(30-21)15-4-7-18(28-11-15)22(25,26)27)10-29-20(33)19-17(24)8-9-32(19)37(34,35)16-5-2-14(23)3-6-16/h2-7,11-12,17,19H,8-10H2,1H3,(H,29,33)/t17-,19-/m0/s1. The molecule has 0 spiro atoms. The number of rotatable bonds is 7. The van der Waals surface area contributed by atoms with Crippen LogP contribution >= 0.6 is 0 Å². The highest BCUT2D eigenvalue weighted by molar-refractivity contribution is 7.89. The van der Waals surface area contributed by atoms with E-state index in [1.54, 1.807) is 0 Å². The fourth-order valence-corrected chi connectivity index (χ4v) is 5.45. The molecule has 1 N–H and O–H groups in total. The second-order valence-corrected chi connectivity index (χ2v) is 9.94. The fraction of sp³-hybridized carbons (Fsp3) is 0.318. The first kappa shape index (κ1) is 26.5. The van der Waals surface area contributed by atoms with E-state index in [-0.39, 0.29) is 41.5 Å². The number of halogens is 5. The predicted octanol–water partition coefficient (Wildman–Crippen LogP) is 2.85. The van der Waals surface area contributed by atoms with Gasteiger partial charge in [0, 0.05) is 19.3 Å². The molecule has 1 aliphatic heterocycles. The van der Waals surface area contributed by atoms with Gasteiger partial charge in [-0.2, -0.15) is 17.5 Å². The third kappa shape index (κ3) is 5.41. The maximum atomic E-state index is 14.7. The lowest BCUT2D eigenvalue weighted by atomic mass is 10.2. The molecule has 1 amide bonds. The Balaban J connectivity index is 1.50. The lowest BCUT2D eigenvalue weighted by Crippen LogP contribution is -2.49. The zero-order valence-corrected chi connectivity index (χ0v) is 19.9. The van der Waals surface area contributed by atoms with Crippen molar-refractivity contribution in [3.8, 4) is 11.6 Å². The molecule has 1 saturated heterocycles. The molecule has 1 aliphatic rings. The molecule has 0 saturated carbocycles. The van der Waals surface area contributed by atoms with Crippen molar-refractivity contribution in [2.24, 2.45) is 0 Å². The Morgan fingerprint density at radius 1 is 1.19 bits per heavy atom. The van der Waals surface area contributed by atoms with Crippen molar-refractivity contribution in [3.63, 3.8) is 0 Å². The van der Waals surface area contributed by atoms with Crippen LogP contribution in [0.3, 0.4) is 0 Å². The fourth-order valence-electron chi connectivity index (χ4n) is 3.83. The number of carbonyl (C=O) groups is 1. The first-order valence-electron chi connectivity index (χ1n) is 10.8. The monoisotopic (exact) mass is 545 g/mol. The molecule has 0 bridgehead atoms. The highest BCUT2D eigenvalue weighted by atomic mass is 32.2. The summed E-state index contributed by atoms with van der Waals surface area (Å²) in [6, 6.07) is 4.22. The highest BCUT2D eigenvalue weighted by Gasteiger charge is 2.46. The molecular weight excluding hydrogens is 525 g/mol. The topological polar surface area (TPSA) is 106 Å². The normalized spacial score (nSPS) is 18.6. The molecule has 1 fully saturated rings.